The maximum atomic E-state index is 12.6. The molecule has 2 fully saturated rings. The van der Waals surface area contributed by atoms with Gasteiger partial charge < -0.3 is 15.5 Å². The standard InChI is InChI=1S/C21H32N4O2/c1-17-8-5-6-13-24(17)15-12-22-20(26)18-9-7-14-25(16-18)21(27)23-19-10-3-2-4-11-19/h2-4,10-11,17-18H,5-9,12-16H2,1H3,(H,22,26)(H,23,27). The zero-order valence-corrected chi connectivity index (χ0v) is 16.3. The smallest absolute Gasteiger partial charge is 0.321 e. The van der Waals surface area contributed by atoms with Gasteiger partial charge in [0.05, 0.1) is 5.92 Å². The van der Waals surface area contributed by atoms with Crippen LogP contribution in [0.2, 0.25) is 0 Å². The third-order valence-corrected chi connectivity index (χ3v) is 5.74. The lowest BCUT2D eigenvalue weighted by Crippen LogP contribution is -2.48. The molecule has 3 rings (SSSR count). The van der Waals surface area contributed by atoms with Crippen LogP contribution in [0.15, 0.2) is 30.3 Å². The molecule has 2 aliphatic rings. The number of likely N-dealkylation sites (tertiary alicyclic amines) is 2. The largest absolute Gasteiger partial charge is 0.355 e. The van der Waals surface area contributed by atoms with Crippen LogP contribution in [0.1, 0.15) is 39.0 Å². The molecule has 0 radical (unpaired) electrons. The summed E-state index contributed by atoms with van der Waals surface area (Å²) in [5, 5.41) is 6.00. The van der Waals surface area contributed by atoms with Crippen LogP contribution in [0.4, 0.5) is 10.5 Å². The number of amides is 3. The molecule has 0 aromatic heterocycles. The fourth-order valence-corrected chi connectivity index (χ4v) is 4.06. The van der Waals surface area contributed by atoms with Gasteiger partial charge in [-0.05, 0) is 51.3 Å². The molecule has 0 saturated carbocycles. The molecule has 6 nitrogen and oxygen atoms in total. The van der Waals surface area contributed by atoms with Gasteiger partial charge in [0.15, 0.2) is 0 Å². The van der Waals surface area contributed by atoms with Gasteiger partial charge in [0.2, 0.25) is 5.91 Å². The van der Waals surface area contributed by atoms with Crippen molar-refractivity contribution in [2.75, 3.05) is 38.0 Å². The van der Waals surface area contributed by atoms with E-state index in [4.69, 9.17) is 0 Å². The van der Waals surface area contributed by atoms with E-state index < -0.39 is 0 Å². The lowest BCUT2D eigenvalue weighted by Gasteiger charge is -2.34. The van der Waals surface area contributed by atoms with Crippen LogP contribution >= 0.6 is 0 Å². The Morgan fingerprint density at radius 3 is 2.67 bits per heavy atom. The molecule has 2 atom stereocenters. The molecule has 6 heteroatoms. The number of rotatable bonds is 5. The maximum Gasteiger partial charge on any atom is 0.321 e. The molecule has 2 heterocycles. The lowest BCUT2D eigenvalue weighted by molar-refractivity contribution is -0.126. The first-order valence-electron chi connectivity index (χ1n) is 10.3. The number of hydrogen-bond acceptors (Lipinski definition) is 3. The highest BCUT2D eigenvalue weighted by atomic mass is 16.2. The van der Waals surface area contributed by atoms with Gasteiger partial charge in [-0.2, -0.15) is 0 Å². The quantitative estimate of drug-likeness (QED) is 0.835. The summed E-state index contributed by atoms with van der Waals surface area (Å²) in [4.78, 5) is 29.2. The van der Waals surface area contributed by atoms with E-state index in [0.717, 1.165) is 31.6 Å². The van der Waals surface area contributed by atoms with Gasteiger partial charge in [-0.3, -0.25) is 9.69 Å². The average molecular weight is 373 g/mol. The summed E-state index contributed by atoms with van der Waals surface area (Å²) in [6, 6.07) is 9.93. The summed E-state index contributed by atoms with van der Waals surface area (Å²) in [5.74, 6) is -0.0315. The van der Waals surface area contributed by atoms with Gasteiger partial charge in [0.25, 0.3) is 0 Å². The second-order valence-electron chi connectivity index (χ2n) is 7.75. The van der Waals surface area contributed by atoms with Gasteiger partial charge in [-0.1, -0.05) is 24.6 Å². The van der Waals surface area contributed by atoms with E-state index in [1.54, 1.807) is 4.90 Å². The molecule has 2 unspecified atom stereocenters. The van der Waals surface area contributed by atoms with Crippen molar-refractivity contribution in [2.24, 2.45) is 5.92 Å². The molecule has 2 saturated heterocycles. The Morgan fingerprint density at radius 1 is 1.07 bits per heavy atom. The van der Waals surface area contributed by atoms with Gasteiger partial charge in [-0.15, -0.1) is 0 Å². The lowest BCUT2D eigenvalue weighted by atomic mass is 9.97. The van der Waals surface area contributed by atoms with E-state index in [1.807, 2.05) is 30.3 Å². The Labute approximate surface area is 162 Å². The van der Waals surface area contributed by atoms with Gasteiger partial charge in [0, 0.05) is 37.9 Å². The molecule has 3 amide bonds. The summed E-state index contributed by atoms with van der Waals surface area (Å²) >= 11 is 0. The number of benzene rings is 1. The molecular formula is C21H32N4O2. The molecule has 148 valence electrons. The van der Waals surface area contributed by atoms with Crippen LogP contribution < -0.4 is 10.6 Å². The highest BCUT2D eigenvalue weighted by Crippen LogP contribution is 2.18. The predicted molar refractivity (Wildman–Crippen MR) is 108 cm³/mol. The number of carbonyl (C=O) groups excluding carboxylic acids is 2. The van der Waals surface area contributed by atoms with Crippen LogP contribution in [-0.4, -0.2) is 60.5 Å². The van der Waals surface area contributed by atoms with Crippen molar-refractivity contribution in [1.29, 1.82) is 0 Å². The second kappa shape index (κ2) is 9.74. The monoisotopic (exact) mass is 372 g/mol. The first kappa shape index (κ1) is 19.7. The zero-order valence-electron chi connectivity index (χ0n) is 16.3. The van der Waals surface area contributed by atoms with Gasteiger partial charge in [-0.25, -0.2) is 4.79 Å². The van der Waals surface area contributed by atoms with Gasteiger partial charge in [0.1, 0.15) is 0 Å². The van der Waals surface area contributed by atoms with E-state index in [2.05, 4.69) is 22.5 Å². The number of carbonyl (C=O) groups is 2. The van der Waals surface area contributed by atoms with Crippen LogP contribution in [0.25, 0.3) is 0 Å². The minimum absolute atomic E-state index is 0.0804. The third-order valence-electron chi connectivity index (χ3n) is 5.74. The van der Waals surface area contributed by atoms with E-state index in [0.29, 0.717) is 25.7 Å². The minimum Gasteiger partial charge on any atom is -0.355 e. The van der Waals surface area contributed by atoms with Crippen molar-refractivity contribution in [1.82, 2.24) is 15.1 Å². The van der Waals surface area contributed by atoms with Crippen molar-refractivity contribution in [3.63, 3.8) is 0 Å². The second-order valence-corrected chi connectivity index (χ2v) is 7.75. The number of hydrogen-bond donors (Lipinski definition) is 2. The Hall–Kier alpha value is -2.08. The fraction of sp³-hybridized carbons (Fsp3) is 0.619. The Kier molecular flexibility index (Phi) is 7.10. The molecule has 1 aromatic carbocycles. The molecule has 2 aliphatic heterocycles. The molecule has 0 bridgehead atoms. The van der Waals surface area contributed by atoms with Crippen molar-refractivity contribution in [3.8, 4) is 0 Å². The minimum atomic E-state index is -0.124. The molecule has 1 aromatic rings. The number of anilines is 1. The topological polar surface area (TPSA) is 64.7 Å². The van der Waals surface area contributed by atoms with Gasteiger partial charge >= 0.3 is 6.03 Å². The highest BCUT2D eigenvalue weighted by molar-refractivity contribution is 5.90. The first-order chi connectivity index (χ1) is 13.1. The van der Waals surface area contributed by atoms with E-state index >= 15 is 0 Å². The molecule has 27 heavy (non-hydrogen) atoms. The van der Waals surface area contributed by atoms with Crippen LogP contribution in [0.3, 0.4) is 0 Å². The van der Waals surface area contributed by atoms with Crippen molar-refractivity contribution in [3.05, 3.63) is 30.3 Å². The summed E-state index contributed by atoms with van der Waals surface area (Å²) in [6.07, 6.45) is 5.53. The predicted octanol–water partition coefficient (Wildman–Crippen LogP) is 2.92. The number of para-hydroxylation sites is 1. The number of nitrogens with one attached hydrogen (secondary N) is 2. The van der Waals surface area contributed by atoms with Crippen molar-refractivity contribution < 1.29 is 9.59 Å². The summed E-state index contributed by atoms with van der Waals surface area (Å²) in [5.41, 5.74) is 0.782. The number of urea groups is 1. The van der Waals surface area contributed by atoms with Crippen LogP contribution in [0, 0.1) is 5.92 Å². The van der Waals surface area contributed by atoms with E-state index in [1.165, 1.54) is 19.3 Å². The summed E-state index contributed by atoms with van der Waals surface area (Å²) < 4.78 is 0. The molecule has 0 spiro atoms. The fourth-order valence-electron chi connectivity index (χ4n) is 4.06. The Bertz CT molecular complexity index is 622. The SMILES string of the molecule is CC1CCCCN1CCNC(=O)C1CCCN(C(=O)Nc2ccccc2)C1. The third kappa shape index (κ3) is 5.70. The highest BCUT2D eigenvalue weighted by Gasteiger charge is 2.28. The molecule has 2 N–H and O–H groups in total. The zero-order chi connectivity index (χ0) is 19.1. The maximum absolute atomic E-state index is 12.6. The van der Waals surface area contributed by atoms with Crippen LogP contribution in [-0.2, 0) is 4.79 Å². The number of nitrogens with zero attached hydrogens (tertiary/aromatic N) is 2. The van der Waals surface area contributed by atoms with E-state index in [9.17, 15) is 9.59 Å². The first-order valence-corrected chi connectivity index (χ1v) is 10.3. The Morgan fingerprint density at radius 2 is 1.89 bits per heavy atom. The molecule has 0 aliphatic carbocycles. The number of piperidine rings is 2. The van der Waals surface area contributed by atoms with Crippen molar-refractivity contribution in [2.45, 2.75) is 45.1 Å². The normalized spacial score (nSPS) is 23.7. The molecular weight excluding hydrogens is 340 g/mol. The van der Waals surface area contributed by atoms with Crippen molar-refractivity contribution >= 4 is 17.6 Å². The Balaban J connectivity index is 1.42. The summed E-state index contributed by atoms with van der Waals surface area (Å²) in [7, 11) is 0. The van der Waals surface area contributed by atoms with Crippen LogP contribution in [0.5, 0.6) is 0 Å². The summed E-state index contributed by atoms with van der Waals surface area (Å²) in [6.45, 7) is 6.20. The van der Waals surface area contributed by atoms with E-state index in [-0.39, 0.29) is 17.9 Å². The average Bonchev–Trinajstić information content (AvgIpc) is 2.70.